The predicted molar refractivity (Wildman–Crippen MR) is 79.0 cm³/mol. The van der Waals surface area contributed by atoms with E-state index in [9.17, 15) is 14.4 Å². The Morgan fingerprint density at radius 1 is 1.10 bits per heavy atom. The van der Waals surface area contributed by atoms with Crippen LogP contribution in [-0.2, 0) is 20.7 Å². The van der Waals surface area contributed by atoms with Crippen LogP contribution >= 0.6 is 0 Å². The molecule has 0 saturated heterocycles. The minimum Gasteiger partial charge on any atom is -0.466 e. The first-order chi connectivity index (χ1) is 10.0. The third-order valence-electron chi connectivity index (χ3n) is 2.93. The van der Waals surface area contributed by atoms with Gasteiger partial charge in [0.15, 0.2) is 5.78 Å². The first-order valence-electron chi connectivity index (χ1n) is 7.05. The van der Waals surface area contributed by atoms with Gasteiger partial charge in [-0.2, -0.15) is 0 Å². The van der Waals surface area contributed by atoms with Crippen LogP contribution in [0.4, 0.5) is 0 Å². The van der Waals surface area contributed by atoms with Crippen molar-refractivity contribution in [3.63, 3.8) is 0 Å². The SMILES string of the molecule is CCOC(=O)CCC(=O)c1ccc(CCNC(C)=O)cc1. The smallest absolute Gasteiger partial charge is 0.306 e. The molecule has 0 heterocycles. The molecule has 1 aromatic carbocycles. The Labute approximate surface area is 124 Å². The Morgan fingerprint density at radius 3 is 2.33 bits per heavy atom. The van der Waals surface area contributed by atoms with E-state index in [4.69, 9.17) is 4.74 Å². The summed E-state index contributed by atoms with van der Waals surface area (Å²) in [6, 6.07) is 7.21. The number of hydrogen-bond donors (Lipinski definition) is 1. The second-order valence-corrected chi connectivity index (χ2v) is 4.66. The van der Waals surface area contributed by atoms with E-state index < -0.39 is 0 Å². The van der Waals surface area contributed by atoms with Gasteiger partial charge in [0.2, 0.25) is 5.91 Å². The number of esters is 1. The lowest BCUT2D eigenvalue weighted by atomic mass is 10.0. The maximum absolute atomic E-state index is 11.9. The van der Waals surface area contributed by atoms with E-state index in [-0.39, 0.29) is 30.5 Å². The molecule has 1 aromatic rings. The highest BCUT2D eigenvalue weighted by molar-refractivity contribution is 5.97. The summed E-state index contributed by atoms with van der Waals surface area (Å²) in [5.74, 6) is -0.477. The number of ether oxygens (including phenoxy) is 1. The number of nitrogens with one attached hydrogen (secondary N) is 1. The Balaban J connectivity index is 2.43. The van der Waals surface area contributed by atoms with Gasteiger partial charge in [-0.1, -0.05) is 24.3 Å². The molecule has 0 aliphatic rings. The molecule has 114 valence electrons. The van der Waals surface area contributed by atoms with Crippen LogP contribution in [0.5, 0.6) is 0 Å². The largest absolute Gasteiger partial charge is 0.466 e. The van der Waals surface area contributed by atoms with Crippen molar-refractivity contribution >= 4 is 17.7 Å². The van der Waals surface area contributed by atoms with Crippen molar-refractivity contribution in [2.75, 3.05) is 13.2 Å². The maximum atomic E-state index is 11.9. The van der Waals surface area contributed by atoms with Crippen molar-refractivity contribution in [1.29, 1.82) is 0 Å². The first kappa shape index (κ1) is 16.9. The zero-order valence-corrected chi connectivity index (χ0v) is 12.5. The molecule has 1 amide bonds. The van der Waals surface area contributed by atoms with Crippen LogP contribution in [0.2, 0.25) is 0 Å². The molecular formula is C16H21NO4. The minimum absolute atomic E-state index is 0.0548. The maximum Gasteiger partial charge on any atom is 0.306 e. The fourth-order valence-corrected chi connectivity index (χ4v) is 1.83. The molecule has 0 atom stereocenters. The van der Waals surface area contributed by atoms with Gasteiger partial charge in [0, 0.05) is 25.5 Å². The van der Waals surface area contributed by atoms with Crippen LogP contribution in [-0.4, -0.2) is 30.8 Å². The van der Waals surface area contributed by atoms with E-state index in [1.54, 1.807) is 19.1 Å². The molecular weight excluding hydrogens is 270 g/mol. The highest BCUT2D eigenvalue weighted by atomic mass is 16.5. The zero-order valence-electron chi connectivity index (χ0n) is 12.5. The van der Waals surface area contributed by atoms with Crippen molar-refractivity contribution in [3.05, 3.63) is 35.4 Å². The van der Waals surface area contributed by atoms with Crippen LogP contribution in [0, 0.1) is 0 Å². The number of Topliss-reactive ketones (excluding diaryl/α,β-unsaturated/α-hetero) is 1. The number of hydrogen-bond acceptors (Lipinski definition) is 4. The summed E-state index contributed by atoms with van der Waals surface area (Å²) >= 11 is 0. The van der Waals surface area contributed by atoms with Crippen LogP contribution in [0.3, 0.4) is 0 Å². The van der Waals surface area contributed by atoms with Gasteiger partial charge in [-0.25, -0.2) is 0 Å². The number of amides is 1. The molecule has 0 bridgehead atoms. The van der Waals surface area contributed by atoms with E-state index in [1.165, 1.54) is 6.92 Å². The highest BCUT2D eigenvalue weighted by Crippen LogP contribution is 2.09. The topological polar surface area (TPSA) is 72.5 Å². The van der Waals surface area contributed by atoms with Crippen molar-refractivity contribution in [2.24, 2.45) is 0 Å². The van der Waals surface area contributed by atoms with Gasteiger partial charge in [-0.15, -0.1) is 0 Å². The van der Waals surface area contributed by atoms with Gasteiger partial charge in [0.25, 0.3) is 0 Å². The second kappa shape index (κ2) is 8.89. The van der Waals surface area contributed by atoms with Gasteiger partial charge >= 0.3 is 5.97 Å². The zero-order chi connectivity index (χ0) is 15.7. The molecule has 0 unspecified atom stereocenters. The summed E-state index contributed by atoms with van der Waals surface area (Å²) < 4.78 is 4.79. The van der Waals surface area contributed by atoms with Gasteiger partial charge in [0.05, 0.1) is 13.0 Å². The van der Waals surface area contributed by atoms with Gasteiger partial charge in [-0.05, 0) is 18.9 Å². The molecule has 0 aliphatic heterocycles. The molecule has 0 spiro atoms. The lowest BCUT2D eigenvalue weighted by Crippen LogP contribution is -2.22. The fraction of sp³-hybridized carbons (Fsp3) is 0.438. The Kier molecular flexibility index (Phi) is 7.15. The average Bonchev–Trinajstić information content (AvgIpc) is 2.45. The van der Waals surface area contributed by atoms with Crippen molar-refractivity contribution in [3.8, 4) is 0 Å². The standard InChI is InChI=1S/C16H21NO4/c1-3-21-16(20)9-8-15(19)14-6-4-13(5-7-14)10-11-17-12(2)18/h4-7H,3,8-11H2,1-2H3,(H,17,18). The summed E-state index contributed by atoms with van der Waals surface area (Å²) in [5, 5.41) is 2.72. The molecule has 21 heavy (non-hydrogen) atoms. The monoisotopic (exact) mass is 291 g/mol. The molecule has 0 fully saturated rings. The molecule has 1 N–H and O–H groups in total. The van der Waals surface area contributed by atoms with E-state index in [0.29, 0.717) is 18.7 Å². The first-order valence-corrected chi connectivity index (χ1v) is 7.05. The van der Waals surface area contributed by atoms with E-state index in [1.807, 2.05) is 12.1 Å². The van der Waals surface area contributed by atoms with Crippen molar-refractivity contribution in [2.45, 2.75) is 33.1 Å². The molecule has 0 saturated carbocycles. The quantitative estimate of drug-likeness (QED) is 0.586. The molecule has 0 aliphatic carbocycles. The number of carbonyl (C=O) groups is 3. The summed E-state index contributed by atoms with van der Waals surface area (Å²) in [6.07, 6.45) is 0.984. The van der Waals surface area contributed by atoms with Gasteiger partial charge in [-0.3, -0.25) is 14.4 Å². The third kappa shape index (κ3) is 6.70. The molecule has 5 heteroatoms. The molecule has 0 aromatic heterocycles. The summed E-state index contributed by atoms with van der Waals surface area (Å²) in [5.41, 5.74) is 1.63. The van der Waals surface area contributed by atoms with E-state index >= 15 is 0 Å². The third-order valence-corrected chi connectivity index (χ3v) is 2.93. The highest BCUT2D eigenvalue weighted by Gasteiger charge is 2.09. The van der Waals surface area contributed by atoms with Gasteiger partial charge in [0.1, 0.15) is 0 Å². The number of rotatable bonds is 8. The summed E-state index contributed by atoms with van der Waals surface area (Å²) in [7, 11) is 0. The summed E-state index contributed by atoms with van der Waals surface area (Å²) in [6.45, 7) is 4.12. The lowest BCUT2D eigenvalue weighted by molar-refractivity contribution is -0.143. The molecule has 0 radical (unpaired) electrons. The predicted octanol–water partition coefficient (Wildman–Crippen LogP) is 1.89. The minimum atomic E-state index is -0.349. The van der Waals surface area contributed by atoms with Crippen molar-refractivity contribution in [1.82, 2.24) is 5.32 Å². The van der Waals surface area contributed by atoms with Crippen molar-refractivity contribution < 1.29 is 19.1 Å². The Hall–Kier alpha value is -2.17. The second-order valence-electron chi connectivity index (χ2n) is 4.66. The summed E-state index contributed by atoms with van der Waals surface area (Å²) in [4.78, 5) is 33.9. The molecule has 1 rings (SSSR count). The lowest BCUT2D eigenvalue weighted by Gasteiger charge is -2.05. The number of carbonyl (C=O) groups excluding carboxylic acids is 3. The Bertz CT molecular complexity index is 494. The molecule has 5 nitrogen and oxygen atoms in total. The van der Waals surface area contributed by atoms with Crippen LogP contribution in [0.25, 0.3) is 0 Å². The van der Waals surface area contributed by atoms with Gasteiger partial charge < -0.3 is 10.1 Å². The number of ketones is 1. The van der Waals surface area contributed by atoms with E-state index in [0.717, 1.165) is 12.0 Å². The Morgan fingerprint density at radius 2 is 1.76 bits per heavy atom. The fourth-order valence-electron chi connectivity index (χ4n) is 1.83. The van der Waals surface area contributed by atoms with Crippen LogP contribution in [0.15, 0.2) is 24.3 Å². The number of benzene rings is 1. The van der Waals surface area contributed by atoms with E-state index in [2.05, 4.69) is 5.32 Å². The van der Waals surface area contributed by atoms with Crippen LogP contribution in [0.1, 0.15) is 42.6 Å². The normalized spacial score (nSPS) is 10.0. The van der Waals surface area contributed by atoms with Crippen LogP contribution < -0.4 is 5.32 Å². The average molecular weight is 291 g/mol.